The van der Waals surface area contributed by atoms with Gasteiger partial charge in [0.2, 0.25) is 5.91 Å². The summed E-state index contributed by atoms with van der Waals surface area (Å²) >= 11 is 14.4. The van der Waals surface area contributed by atoms with Crippen LogP contribution in [0.3, 0.4) is 0 Å². The molecule has 2 atom stereocenters. The predicted molar refractivity (Wildman–Crippen MR) is 330 cm³/mol. The van der Waals surface area contributed by atoms with Crippen LogP contribution in [0, 0.1) is 131 Å². The molecule has 9 nitrogen and oxygen atoms in total. The molecule has 0 radical (unpaired) electrons. The maximum atomic E-state index is 15.4. The average molecular weight is 1150 g/mol. The Kier molecular flexibility index (Phi) is 22.2. The van der Waals surface area contributed by atoms with Crippen LogP contribution >= 0.6 is 35.0 Å². The number of amides is 2. The summed E-state index contributed by atoms with van der Waals surface area (Å²) < 4.78 is 18.2. The molecule has 6 aromatic rings. The van der Waals surface area contributed by atoms with E-state index in [1.165, 1.54) is 23.9 Å². The Morgan fingerprint density at radius 2 is 1.06 bits per heavy atom. The lowest BCUT2D eigenvalue weighted by Gasteiger charge is -2.37. The largest absolute Gasteiger partial charge is 0.508 e. The molecule has 0 heterocycles. The molecule has 84 heavy (non-hydrogen) atoms. The number of fused-ring (bicyclic) bond motifs is 3. The molecular weight excluding hydrogens is 1110 g/mol. The lowest BCUT2D eigenvalue weighted by atomic mass is 9.79. The molecule has 6 aromatic carbocycles. The quantitative estimate of drug-likeness (QED) is 0.0528. The normalized spacial score (nSPS) is 10.9. The van der Waals surface area contributed by atoms with Crippen molar-refractivity contribution in [1.82, 2.24) is 10.6 Å². The fraction of sp³-hybridized carbons (Fsp3) is 0.153. The van der Waals surface area contributed by atoms with Gasteiger partial charge in [0.25, 0.3) is 0 Å². The Balaban J connectivity index is 1.15. The zero-order chi connectivity index (χ0) is 59.6. The fourth-order valence-corrected chi connectivity index (χ4v) is 9.54. The van der Waals surface area contributed by atoms with Crippen LogP contribution in [0.5, 0.6) is 11.5 Å². The molecule has 3 N–H and O–H groups in total. The third kappa shape index (κ3) is 17.9. The summed E-state index contributed by atoms with van der Waals surface area (Å²) in [5.74, 6) is 47.7. The van der Waals surface area contributed by atoms with Crippen LogP contribution < -0.4 is 15.4 Å². The van der Waals surface area contributed by atoms with Crippen LogP contribution in [0.25, 0.3) is 11.1 Å². The number of rotatable bonds is 15. The zero-order valence-electron chi connectivity index (χ0n) is 45.3. The average Bonchev–Trinajstić information content (AvgIpc) is 1.42. The number of aromatic hydroxyl groups is 1. The maximum absolute atomic E-state index is 15.4. The molecule has 2 unspecified atom stereocenters. The molecule has 7 rings (SSSR count). The third-order valence-corrected chi connectivity index (χ3v) is 13.9. The Morgan fingerprint density at radius 3 is 1.56 bits per heavy atom. The Labute approximate surface area is 504 Å². The number of phenolic OH excluding ortho intramolecular Hbond substituents is 1. The highest BCUT2D eigenvalue weighted by Crippen LogP contribution is 2.46. The molecule has 12 heteroatoms. The molecule has 0 aromatic heterocycles. The van der Waals surface area contributed by atoms with Gasteiger partial charge in [-0.05, 0) is 112 Å². The molecule has 0 spiro atoms. The van der Waals surface area contributed by atoms with Crippen LogP contribution in [-0.4, -0.2) is 52.3 Å². The second-order valence-corrected chi connectivity index (χ2v) is 21.5. The van der Waals surface area contributed by atoms with Crippen LogP contribution in [0.1, 0.15) is 60.1 Å². The molecule has 1 aliphatic carbocycles. The minimum absolute atomic E-state index is 0.0126. The summed E-state index contributed by atoms with van der Waals surface area (Å²) in [6.45, 7) is 5.94. The number of thioether (sulfide) groups is 1. The number of phenols is 1. The summed E-state index contributed by atoms with van der Waals surface area (Å²) in [7, 11) is 0. The maximum Gasteiger partial charge on any atom is 0.407 e. The van der Waals surface area contributed by atoms with E-state index in [9.17, 15) is 14.7 Å². The number of halogens is 2. The summed E-state index contributed by atoms with van der Waals surface area (Å²) in [5, 5.41) is 17.9. The van der Waals surface area contributed by atoms with E-state index in [0.717, 1.165) is 27.8 Å². The van der Waals surface area contributed by atoms with Crippen molar-refractivity contribution < 1.29 is 33.7 Å². The van der Waals surface area contributed by atoms with E-state index in [0.29, 0.717) is 21.2 Å². The second-order valence-electron chi connectivity index (χ2n) is 18.8. The van der Waals surface area contributed by atoms with Crippen LogP contribution in [-0.2, 0) is 31.1 Å². The molecule has 0 fully saturated rings. The van der Waals surface area contributed by atoms with E-state index >= 15 is 4.79 Å². The van der Waals surface area contributed by atoms with Crippen molar-refractivity contribution in [3.8, 4) is 154 Å². The number of alkyl carbamates (subject to hydrolysis) is 1. The van der Waals surface area contributed by atoms with Gasteiger partial charge in [-0.15, -0.1) is 6.42 Å². The van der Waals surface area contributed by atoms with Crippen molar-refractivity contribution in [2.45, 2.75) is 55.5 Å². The van der Waals surface area contributed by atoms with E-state index < -0.39 is 40.4 Å². The first-order valence-electron chi connectivity index (χ1n) is 25.6. The first kappa shape index (κ1) is 60.9. The molecule has 0 aliphatic heterocycles. The number of hydrogen-bond acceptors (Lipinski definition) is 8. The molecule has 2 amide bonds. The van der Waals surface area contributed by atoms with Gasteiger partial charge in [0.05, 0.1) is 0 Å². The van der Waals surface area contributed by atoms with Gasteiger partial charge in [-0.25, -0.2) is 9.59 Å². The van der Waals surface area contributed by atoms with Gasteiger partial charge in [-0.1, -0.05) is 147 Å². The van der Waals surface area contributed by atoms with E-state index in [2.05, 4.69) is 135 Å². The smallest absolute Gasteiger partial charge is 0.407 e. The van der Waals surface area contributed by atoms with Crippen LogP contribution in [0.2, 0.25) is 10.0 Å². The van der Waals surface area contributed by atoms with E-state index in [4.69, 9.17) is 43.8 Å². The highest BCUT2D eigenvalue weighted by Gasteiger charge is 2.44. The number of ether oxygens (including phenoxy) is 3. The van der Waals surface area contributed by atoms with E-state index in [1.807, 2.05) is 99.6 Å². The van der Waals surface area contributed by atoms with Crippen molar-refractivity contribution in [1.29, 1.82) is 0 Å². The summed E-state index contributed by atoms with van der Waals surface area (Å²) in [4.78, 5) is 44.1. The number of carbonyl (C=O) groups is 3. The van der Waals surface area contributed by atoms with Crippen molar-refractivity contribution in [2.24, 2.45) is 0 Å². The van der Waals surface area contributed by atoms with Gasteiger partial charge in [0.15, 0.2) is 5.60 Å². The Bertz CT molecular complexity index is 4100. The highest BCUT2D eigenvalue weighted by atomic mass is 35.5. The van der Waals surface area contributed by atoms with Gasteiger partial charge < -0.3 is 30.0 Å². The second kappa shape index (κ2) is 30.7. The SMILES string of the molecule is C#CC#CC#CC#CC#CC#CC#CC#CC#CC#CC#COc1cc(O)cc(C(OC(=O)C(CSC(C)(C)C)NC(=O)C(Cc2ccccc2)NC(=O)OCC2c3ccccc3-c3ccccc32)(c2ccc(Cl)cc2)c2ccc(Cl)cc2)c1. The van der Waals surface area contributed by atoms with E-state index in [1.54, 1.807) is 54.6 Å². The van der Waals surface area contributed by atoms with Gasteiger partial charge in [0, 0.05) is 127 Å². The van der Waals surface area contributed by atoms with Gasteiger partial charge in [-0.3, -0.25) is 4.79 Å². The van der Waals surface area contributed by atoms with Gasteiger partial charge in [0.1, 0.15) is 36.3 Å². The minimum Gasteiger partial charge on any atom is -0.508 e. The Morgan fingerprint density at radius 1 is 0.583 bits per heavy atom. The standard InChI is InChI=1S/C72H46Cl2N2O7S/c1-5-6-7-8-9-10-11-12-13-14-15-16-17-18-19-20-21-22-23-31-46-81-60-49-56(48-59(77)50-60)72(54-38-42-57(73)43-39-54,55-40-44-58(74)45-41-55)83-69(79)67(52-84-71(2,3)4)75-68(78)66(47-53-32-25-24-26-33-53)76-70(80)82-51-65-63-36-29-27-34-61(63)62-35-28-30-37-64(62)65/h1,24-30,32-45,48-50,65-67,77H,47,51-52H2,2-4H3,(H,75,78)(H,76,80). The van der Waals surface area contributed by atoms with Crippen LogP contribution in [0.4, 0.5) is 4.79 Å². The van der Waals surface area contributed by atoms with Gasteiger partial charge >= 0.3 is 12.1 Å². The third-order valence-electron chi connectivity index (χ3n) is 12.0. The highest BCUT2D eigenvalue weighted by molar-refractivity contribution is 8.00. The molecule has 0 saturated carbocycles. The summed E-state index contributed by atoms with van der Waals surface area (Å²) in [6, 6.07) is 40.1. The number of hydrogen-bond donors (Lipinski definition) is 3. The van der Waals surface area contributed by atoms with Crippen molar-refractivity contribution in [3.63, 3.8) is 0 Å². The number of nitrogens with one attached hydrogen (secondary N) is 2. The zero-order valence-corrected chi connectivity index (χ0v) is 47.7. The number of esters is 1. The lowest BCUT2D eigenvalue weighted by molar-refractivity contribution is -0.156. The summed E-state index contributed by atoms with van der Waals surface area (Å²) in [5.41, 5.74) is 4.05. The predicted octanol–water partition coefficient (Wildman–Crippen LogP) is 10.7. The molecule has 0 bridgehead atoms. The van der Waals surface area contributed by atoms with Gasteiger partial charge in [-0.2, -0.15) is 11.8 Å². The summed E-state index contributed by atoms with van der Waals surface area (Å²) in [6.07, 6.45) is 6.74. The van der Waals surface area contributed by atoms with Crippen molar-refractivity contribution in [2.75, 3.05) is 12.4 Å². The van der Waals surface area contributed by atoms with E-state index in [-0.39, 0.29) is 41.8 Å². The fourth-order valence-electron chi connectivity index (χ4n) is 8.41. The molecular formula is C72H46Cl2N2O7S. The number of benzene rings is 6. The topological polar surface area (TPSA) is 123 Å². The molecule has 0 saturated heterocycles. The Hall–Kier alpha value is -10.8. The monoisotopic (exact) mass is 1150 g/mol. The van der Waals surface area contributed by atoms with Crippen LogP contribution in [0.15, 0.2) is 146 Å². The van der Waals surface area contributed by atoms with Crippen molar-refractivity contribution >= 4 is 52.9 Å². The first-order valence-corrected chi connectivity index (χ1v) is 27.3. The molecule has 1 aliphatic rings. The minimum atomic E-state index is -1.89. The number of carbonyl (C=O) groups excluding carboxylic acids is 3. The molecule has 406 valence electrons. The number of terminal acetylenes is 1. The first-order chi connectivity index (χ1) is 40.7. The lowest BCUT2D eigenvalue weighted by Crippen LogP contribution is -2.54. The van der Waals surface area contributed by atoms with Crippen molar-refractivity contribution in [3.05, 3.63) is 189 Å².